The Kier molecular flexibility index (Phi) is 8.58. The number of benzene rings is 2. The molecule has 6 nitrogen and oxygen atoms in total. The zero-order valence-corrected chi connectivity index (χ0v) is 19.4. The molecular formula is C22H27IN4O2. The number of ether oxygens (including phenoxy) is 2. The van der Waals surface area contributed by atoms with Gasteiger partial charge in [-0.15, -0.1) is 24.0 Å². The Morgan fingerprint density at radius 2 is 1.90 bits per heavy atom. The van der Waals surface area contributed by atoms with Gasteiger partial charge in [-0.3, -0.25) is 0 Å². The summed E-state index contributed by atoms with van der Waals surface area (Å²) in [4.78, 5) is 7.05. The fourth-order valence-electron chi connectivity index (χ4n) is 3.40. The smallest absolute Gasteiger partial charge is 0.194 e. The van der Waals surface area contributed by atoms with E-state index in [1.54, 1.807) is 14.2 Å². The molecule has 1 aliphatic rings. The minimum atomic E-state index is 0. The molecule has 154 valence electrons. The van der Waals surface area contributed by atoms with Crippen LogP contribution in [0, 0.1) is 11.3 Å². The second-order valence-electron chi connectivity index (χ2n) is 6.63. The van der Waals surface area contributed by atoms with Gasteiger partial charge in [0.1, 0.15) is 0 Å². The molecule has 2 aromatic carbocycles. The van der Waals surface area contributed by atoms with Crippen molar-refractivity contribution in [2.24, 2.45) is 4.99 Å². The maximum atomic E-state index is 9.08. The third-order valence-electron chi connectivity index (χ3n) is 4.82. The fraction of sp³-hybridized carbons (Fsp3) is 0.364. The Bertz CT molecular complexity index is 908. The highest BCUT2D eigenvalue weighted by atomic mass is 127. The number of guanidine groups is 1. The molecule has 2 aromatic rings. The van der Waals surface area contributed by atoms with Crippen molar-refractivity contribution < 1.29 is 9.47 Å². The van der Waals surface area contributed by atoms with Crippen molar-refractivity contribution >= 4 is 29.9 Å². The Labute approximate surface area is 189 Å². The Hall–Kier alpha value is -2.47. The normalized spacial score (nSPS) is 13.0. The molecule has 0 saturated heterocycles. The van der Waals surface area contributed by atoms with Crippen LogP contribution in [0.4, 0.5) is 0 Å². The summed E-state index contributed by atoms with van der Waals surface area (Å²) < 4.78 is 10.9. The van der Waals surface area contributed by atoms with Gasteiger partial charge in [-0.05, 0) is 54.3 Å². The Balaban J connectivity index is 0.00000300. The first-order valence-electron chi connectivity index (χ1n) is 9.44. The van der Waals surface area contributed by atoms with Crippen LogP contribution in [0.25, 0.3) is 0 Å². The van der Waals surface area contributed by atoms with Crippen LogP contribution in [0.2, 0.25) is 0 Å². The number of aliphatic imine (C=N–C) groups is 1. The molecule has 0 bridgehead atoms. The maximum absolute atomic E-state index is 9.08. The zero-order valence-electron chi connectivity index (χ0n) is 17.1. The second-order valence-corrected chi connectivity index (χ2v) is 6.63. The van der Waals surface area contributed by atoms with Crippen LogP contribution in [-0.4, -0.2) is 38.2 Å². The predicted molar refractivity (Wildman–Crippen MR) is 125 cm³/mol. The number of nitrogens with zero attached hydrogens (tertiary/aromatic N) is 3. The summed E-state index contributed by atoms with van der Waals surface area (Å²) in [5.74, 6) is 2.40. The number of hydrogen-bond acceptors (Lipinski definition) is 4. The van der Waals surface area contributed by atoms with E-state index in [0.717, 1.165) is 49.1 Å². The predicted octanol–water partition coefficient (Wildman–Crippen LogP) is 3.72. The van der Waals surface area contributed by atoms with Gasteiger partial charge >= 0.3 is 0 Å². The van der Waals surface area contributed by atoms with Crippen molar-refractivity contribution in [1.29, 1.82) is 5.26 Å². The summed E-state index contributed by atoms with van der Waals surface area (Å²) >= 11 is 0. The molecule has 0 saturated carbocycles. The van der Waals surface area contributed by atoms with E-state index in [-0.39, 0.29) is 24.0 Å². The second kappa shape index (κ2) is 10.9. The van der Waals surface area contributed by atoms with Crippen LogP contribution < -0.4 is 14.8 Å². The van der Waals surface area contributed by atoms with E-state index in [1.165, 1.54) is 11.1 Å². The van der Waals surface area contributed by atoms with Crippen molar-refractivity contribution in [3.63, 3.8) is 0 Å². The van der Waals surface area contributed by atoms with Gasteiger partial charge in [0.2, 0.25) is 0 Å². The molecule has 0 atom stereocenters. The maximum Gasteiger partial charge on any atom is 0.194 e. The van der Waals surface area contributed by atoms with Crippen LogP contribution in [0.3, 0.4) is 0 Å². The van der Waals surface area contributed by atoms with Gasteiger partial charge in [0.25, 0.3) is 0 Å². The zero-order chi connectivity index (χ0) is 19.9. The average Bonchev–Trinajstić information content (AvgIpc) is 2.75. The van der Waals surface area contributed by atoms with Gasteiger partial charge in [-0.1, -0.05) is 12.1 Å². The minimum Gasteiger partial charge on any atom is -0.493 e. The van der Waals surface area contributed by atoms with Crippen LogP contribution in [0.15, 0.2) is 41.4 Å². The average molecular weight is 506 g/mol. The number of nitriles is 1. The molecule has 0 radical (unpaired) electrons. The van der Waals surface area contributed by atoms with E-state index in [2.05, 4.69) is 35.3 Å². The van der Waals surface area contributed by atoms with Gasteiger partial charge < -0.3 is 19.7 Å². The van der Waals surface area contributed by atoms with Crippen LogP contribution >= 0.6 is 24.0 Å². The van der Waals surface area contributed by atoms with Crippen molar-refractivity contribution in [3.05, 3.63) is 58.7 Å². The first-order valence-corrected chi connectivity index (χ1v) is 9.44. The third kappa shape index (κ3) is 5.54. The molecule has 1 N–H and O–H groups in total. The van der Waals surface area contributed by atoms with E-state index >= 15 is 0 Å². The Morgan fingerprint density at radius 3 is 2.55 bits per heavy atom. The number of halogens is 1. The molecule has 1 aliphatic heterocycles. The molecule has 0 spiro atoms. The summed E-state index contributed by atoms with van der Waals surface area (Å²) in [5, 5.41) is 12.5. The molecule has 29 heavy (non-hydrogen) atoms. The lowest BCUT2D eigenvalue weighted by molar-refractivity contribution is 0.346. The van der Waals surface area contributed by atoms with Crippen LogP contribution in [0.1, 0.15) is 29.2 Å². The molecule has 0 amide bonds. The topological polar surface area (TPSA) is 69.9 Å². The molecule has 1 heterocycles. The first-order chi connectivity index (χ1) is 13.7. The van der Waals surface area contributed by atoms with Crippen molar-refractivity contribution in [3.8, 4) is 17.6 Å². The fourth-order valence-corrected chi connectivity index (χ4v) is 3.40. The quantitative estimate of drug-likeness (QED) is 0.381. The number of methoxy groups -OCH3 is 2. The molecule has 0 aliphatic carbocycles. The van der Waals surface area contributed by atoms with E-state index < -0.39 is 0 Å². The van der Waals surface area contributed by atoms with E-state index in [9.17, 15) is 0 Å². The lowest BCUT2D eigenvalue weighted by atomic mass is 9.99. The highest BCUT2D eigenvalue weighted by Crippen LogP contribution is 2.33. The molecule has 0 aromatic heterocycles. The van der Waals surface area contributed by atoms with Crippen LogP contribution in [-0.2, 0) is 19.5 Å². The molecular weight excluding hydrogens is 479 g/mol. The molecule has 0 fully saturated rings. The minimum absolute atomic E-state index is 0. The van der Waals surface area contributed by atoms with Crippen molar-refractivity contribution in [2.45, 2.75) is 26.4 Å². The van der Waals surface area contributed by atoms with Gasteiger partial charge in [-0.2, -0.15) is 5.26 Å². The summed E-state index contributed by atoms with van der Waals surface area (Å²) in [6.45, 7) is 5.05. The van der Waals surface area contributed by atoms with Crippen LogP contribution in [0.5, 0.6) is 11.5 Å². The van der Waals surface area contributed by atoms with Gasteiger partial charge in [0, 0.05) is 19.6 Å². The highest BCUT2D eigenvalue weighted by molar-refractivity contribution is 14.0. The number of nitrogens with one attached hydrogen (secondary N) is 1. The number of rotatable bonds is 5. The SMILES string of the molecule is CCNC(=NCc1cccc(C#N)c1)N1CCc2cc(OC)c(OC)cc2C1.I. The molecule has 3 rings (SSSR count). The number of hydrogen-bond donors (Lipinski definition) is 1. The van der Waals surface area contributed by atoms with E-state index in [0.29, 0.717) is 12.1 Å². The largest absolute Gasteiger partial charge is 0.493 e. The molecule has 7 heteroatoms. The lowest BCUT2D eigenvalue weighted by Crippen LogP contribution is -2.44. The number of fused-ring (bicyclic) bond motifs is 1. The lowest BCUT2D eigenvalue weighted by Gasteiger charge is -2.32. The van der Waals surface area contributed by atoms with Gasteiger partial charge in [0.15, 0.2) is 17.5 Å². The highest BCUT2D eigenvalue weighted by Gasteiger charge is 2.21. The van der Waals surface area contributed by atoms with Gasteiger partial charge in [-0.25, -0.2) is 4.99 Å². The van der Waals surface area contributed by atoms with Gasteiger partial charge in [0.05, 0.1) is 32.4 Å². The first kappa shape index (κ1) is 22.8. The summed E-state index contributed by atoms with van der Waals surface area (Å²) in [6.07, 6.45) is 0.921. The summed E-state index contributed by atoms with van der Waals surface area (Å²) in [5.41, 5.74) is 4.19. The summed E-state index contributed by atoms with van der Waals surface area (Å²) in [7, 11) is 3.32. The van der Waals surface area contributed by atoms with E-state index in [1.807, 2.05) is 24.3 Å². The standard InChI is InChI=1S/C22H26N4O2.HI/c1-4-24-22(25-14-17-7-5-6-16(10-17)13-23)26-9-8-18-11-20(27-2)21(28-3)12-19(18)15-26;/h5-7,10-12H,4,8-9,14-15H2,1-3H3,(H,24,25);1H. The third-order valence-corrected chi connectivity index (χ3v) is 4.82. The van der Waals surface area contributed by atoms with Crippen molar-refractivity contribution in [1.82, 2.24) is 10.2 Å². The monoisotopic (exact) mass is 506 g/mol. The summed E-state index contributed by atoms with van der Waals surface area (Å²) in [6, 6.07) is 13.9. The van der Waals surface area contributed by atoms with E-state index in [4.69, 9.17) is 19.7 Å². The van der Waals surface area contributed by atoms with Crippen molar-refractivity contribution in [2.75, 3.05) is 27.3 Å². The Morgan fingerprint density at radius 1 is 1.17 bits per heavy atom. The molecule has 0 unspecified atom stereocenters.